The van der Waals surface area contributed by atoms with Crippen LogP contribution < -0.4 is 0 Å². The number of imidazole rings is 1. The Morgan fingerprint density at radius 3 is 2.75 bits per heavy atom. The molecule has 0 aliphatic rings. The van der Waals surface area contributed by atoms with Gasteiger partial charge in [-0.15, -0.1) is 0 Å². The minimum absolute atomic E-state index is 0.0938. The highest BCUT2D eigenvalue weighted by Gasteiger charge is 2.21. The SMILES string of the molecule is Cn1c([N+](=O)[O-])cnc1COS(=O)(=O)c1cccnc1. The summed E-state index contributed by atoms with van der Waals surface area (Å²) >= 11 is 0. The lowest BCUT2D eigenvalue weighted by molar-refractivity contribution is -0.391. The van der Waals surface area contributed by atoms with Gasteiger partial charge < -0.3 is 10.1 Å². The zero-order valence-corrected chi connectivity index (χ0v) is 11.1. The Morgan fingerprint density at radius 1 is 1.45 bits per heavy atom. The lowest BCUT2D eigenvalue weighted by Gasteiger charge is -2.03. The van der Waals surface area contributed by atoms with Gasteiger partial charge in [0.2, 0.25) is 5.82 Å². The molecule has 0 aromatic carbocycles. The van der Waals surface area contributed by atoms with Gasteiger partial charge >= 0.3 is 5.82 Å². The van der Waals surface area contributed by atoms with Crippen molar-refractivity contribution < 1.29 is 17.5 Å². The molecule has 0 saturated carbocycles. The smallest absolute Gasteiger partial charge is 0.342 e. The quantitative estimate of drug-likeness (QED) is 0.451. The third kappa shape index (κ3) is 2.81. The van der Waals surface area contributed by atoms with Crippen LogP contribution in [0.5, 0.6) is 0 Å². The van der Waals surface area contributed by atoms with Gasteiger partial charge in [-0.1, -0.05) is 0 Å². The molecule has 2 rings (SSSR count). The fourth-order valence-electron chi connectivity index (χ4n) is 1.43. The molecule has 0 aliphatic heterocycles. The van der Waals surface area contributed by atoms with Crippen molar-refractivity contribution in [3.63, 3.8) is 0 Å². The maximum absolute atomic E-state index is 11.8. The minimum atomic E-state index is -3.97. The summed E-state index contributed by atoms with van der Waals surface area (Å²) in [4.78, 5) is 17.4. The number of hydrogen-bond acceptors (Lipinski definition) is 7. The molecule has 0 saturated heterocycles. The molecule has 0 unspecified atom stereocenters. The maximum atomic E-state index is 11.8. The van der Waals surface area contributed by atoms with Gasteiger partial charge in [0.05, 0.1) is 7.05 Å². The molecule has 2 heterocycles. The first kappa shape index (κ1) is 14.1. The van der Waals surface area contributed by atoms with Crippen molar-refractivity contribution in [3.8, 4) is 0 Å². The average Bonchev–Trinajstić information content (AvgIpc) is 2.79. The van der Waals surface area contributed by atoms with Crippen molar-refractivity contribution in [1.82, 2.24) is 14.5 Å². The zero-order chi connectivity index (χ0) is 14.8. The van der Waals surface area contributed by atoms with Crippen LogP contribution in [0.4, 0.5) is 5.82 Å². The van der Waals surface area contributed by atoms with E-state index in [4.69, 9.17) is 4.18 Å². The molecule has 2 aromatic heterocycles. The molecule has 0 atom stereocenters. The number of nitrogens with zero attached hydrogens (tertiary/aromatic N) is 4. The Kier molecular flexibility index (Phi) is 3.77. The fraction of sp³-hybridized carbons (Fsp3) is 0.200. The summed E-state index contributed by atoms with van der Waals surface area (Å²) in [7, 11) is -2.57. The van der Waals surface area contributed by atoms with Crippen LogP contribution in [-0.4, -0.2) is 27.9 Å². The highest BCUT2D eigenvalue weighted by atomic mass is 32.2. The summed E-state index contributed by atoms with van der Waals surface area (Å²) in [6.45, 7) is -0.401. The Morgan fingerprint density at radius 2 is 2.20 bits per heavy atom. The molecule has 0 bridgehead atoms. The molecule has 20 heavy (non-hydrogen) atoms. The predicted octanol–water partition coefficient (Wildman–Crippen LogP) is 0.629. The Labute approximate surface area is 114 Å². The molecule has 2 aromatic rings. The van der Waals surface area contributed by atoms with E-state index in [9.17, 15) is 18.5 Å². The number of aromatic nitrogens is 3. The summed E-state index contributed by atoms with van der Waals surface area (Å²) in [5, 5.41) is 10.6. The minimum Gasteiger partial charge on any atom is -0.358 e. The van der Waals surface area contributed by atoms with Crippen molar-refractivity contribution in [2.75, 3.05) is 0 Å². The molecule has 0 radical (unpaired) electrons. The lowest BCUT2D eigenvalue weighted by atomic mass is 10.5. The van der Waals surface area contributed by atoms with Gasteiger partial charge in [-0.25, -0.2) is 9.55 Å². The van der Waals surface area contributed by atoms with E-state index in [1.54, 1.807) is 0 Å². The summed E-state index contributed by atoms with van der Waals surface area (Å²) in [5.41, 5.74) is 0. The van der Waals surface area contributed by atoms with Crippen molar-refractivity contribution in [3.05, 3.63) is 46.7 Å². The molecule has 9 nitrogen and oxygen atoms in total. The third-order valence-electron chi connectivity index (χ3n) is 2.51. The largest absolute Gasteiger partial charge is 0.358 e. The number of hydrogen-bond donors (Lipinski definition) is 0. The molecular formula is C10H10N4O5S. The number of nitro groups is 1. The van der Waals surface area contributed by atoms with E-state index in [1.165, 1.54) is 25.4 Å². The normalized spacial score (nSPS) is 11.4. The van der Waals surface area contributed by atoms with Crippen molar-refractivity contribution in [1.29, 1.82) is 0 Å². The van der Waals surface area contributed by atoms with Crippen LogP contribution in [0.25, 0.3) is 0 Å². The predicted molar refractivity (Wildman–Crippen MR) is 66.1 cm³/mol. The third-order valence-corrected chi connectivity index (χ3v) is 3.76. The van der Waals surface area contributed by atoms with E-state index >= 15 is 0 Å². The van der Waals surface area contributed by atoms with Gasteiger partial charge in [-0.05, 0) is 17.1 Å². The summed E-state index contributed by atoms with van der Waals surface area (Å²) in [6, 6.07) is 2.80. The number of rotatable bonds is 5. The van der Waals surface area contributed by atoms with Crippen molar-refractivity contribution in [2.45, 2.75) is 11.5 Å². The molecule has 0 amide bonds. The Hall–Kier alpha value is -2.33. The first-order valence-corrected chi connectivity index (χ1v) is 6.77. The van der Waals surface area contributed by atoms with Gasteiger partial charge in [-0.2, -0.15) is 8.42 Å². The van der Waals surface area contributed by atoms with Crippen LogP contribution in [0, 0.1) is 10.1 Å². The highest BCUT2D eigenvalue weighted by molar-refractivity contribution is 7.86. The molecule has 0 N–H and O–H groups in total. The second-order valence-corrected chi connectivity index (χ2v) is 5.37. The van der Waals surface area contributed by atoms with E-state index in [2.05, 4.69) is 9.97 Å². The van der Waals surface area contributed by atoms with Crippen LogP contribution in [0.15, 0.2) is 35.6 Å². The van der Waals surface area contributed by atoms with Gasteiger partial charge in [0.25, 0.3) is 10.1 Å². The van der Waals surface area contributed by atoms with E-state index in [1.807, 2.05) is 0 Å². The average molecular weight is 298 g/mol. The second-order valence-electron chi connectivity index (χ2n) is 3.75. The molecule has 0 spiro atoms. The maximum Gasteiger partial charge on any atom is 0.342 e. The second kappa shape index (κ2) is 5.35. The molecule has 0 fully saturated rings. The molecular weight excluding hydrogens is 288 g/mol. The van der Waals surface area contributed by atoms with Crippen LogP contribution in [0.1, 0.15) is 5.82 Å². The van der Waals surface area contributed by atoms with Crippen LogP contribution in [-0.2, 0) is 28.0 Å². The van der Waals surface area contributed by atoms with Gasteiger partial charge in [0.15, 0.2) is 0 Å². The monoisotopic (exact) mass is 298 g/mol. The molecule has 10 heteroatoms. The highest BCUT2D eigenvalue weighted by Crippen LogP contribution is 2.15. The van der Waals surface area contributed by atoms with Gasteiger partial charge in [0.1, 0.15) is 17.7 Å². The van der Waals surface area contributed by atoms with E-state index < -0.39 is 21.6 Å². The molecule has 0 aliphatic carbocycles. The fourth-order valence-corrected chi connectivity index (χ4v) is 2.27. The molecule has 106 valence electrons. The topological polar surface area (TPSA) is 117 Å². The lowest BCUT2D eigenvalue weighted by Crippen LogP contribution is -2.10. The summed E-state index contributed by atoms with van der Waals surface area (Å²) < 4.78 is 29.6. The first-order valence-electron chi connectivity index (χ1n) is 5.36. The van der Waals surface area contributed by atoms with Crippen LogP contribution in [0.3, 0.4) is 0 Å². The van der Waals surface area contributed by atoms with Gasteiger partial charge in [0, 0.05) is 12.4 Å². The van der Waals surface area contributed by atoms with Gasteiger partial charge in [-0.3, -0.25) is 9.17 Å². The van der Waals surface area contributed by atoms with E-state index in [0.29, 0.717) is 0 Å². The first-order chi connectivity index (χ1) is 9.42. The van der Waals surface area contributed by atoms with Crippen molar-refractivity contribution >= 4 is 15.9 Å². The standard InChI is InChI=1S/C10H10N4O5S/c1-13-9(12-6-10(13)14(15)16)7-19-20(17,18)8-3-2-4-11-5-8/h2-6H,7H2,1H3. The van der Waals surface area contributed by atoms with Crippen LogP contribution >= 0.6 is 0 Å². The number of pyridine rings is 1. The Bertz CT molecular complexity index is 725. The van der Waals surface area contributed by atoms with E-state index in [-0.39, 0.29) is 16.5 Å². The van der Waals surface area contributed by atoms with Crippen LogP contribution in [0.2, 0.25) is 0 Å². The summed E-state index contributed by atoms with van der Waals surface area (Å²) in [6.07, 6.45) is 3.62. The zero-order valence-electron chi connectivity index (χ0n) is 10.3. The van der Waals surface area contributed by atoms with E-state index in [0.717, 1.165) is 17.0 Å². The van der Waals surface area contributed by atoms with Crippen molar-refractivity contribution in [2.24, 2.45) is 7.05 Å². The summed E-state index contributed by atoms with van der Waals surface area (Å²) in [5.74, 6) is -0.119. The Balaban J connectivity index is 2.15.